The number of hydrogen-bond donors (Lipinski definition) is 1. The fourth-order valence-electron chi connectivity index (χ4n) is 3.39. The van der Waals surface area contributed by atoms with Gasteiger partial charge in [0.05, 0.1) is 12.8 Å². The first kappa shape index (κ1) is 20.2. The molecule has 31 heavy (non-hydrogen) atoms. The van der Waals surface area contributed by atoms with E-state index in [4.69, 9.17) is 9.47 Å². The van der Waals surface area contributed by atoms with E-state index in [1.807, 2.05) is 37.3 Å². The summed E-state index contributed by atoms with van der Waals surface area (Å²) in [6.07, 6.45) is 1.54. The van der Waals surface area contributed by atoms with E-state index in [0.29, 0.717) is 29.4 Å². The van der Waals surface area contributed by atoms with E-state index >= 15 is 0 Å². The molecule has 6 heteroatoms. The Balaban J connectivity index is 1.65. The Kier molecular flexibility index (Phi) is 5.71. The van der Waals surface area contributed by atoms with E-state index in [0.717, 1.165) is 11.1 Å². The molecule has 3 aromatic carbocycles. The highest BCUT2D eigenvalue weighted by molar-refractivity contribution is 6.31. The third-order valence-corrected chi connectivity index (χ3v) is 4.90. The van der Waals surface area contributed by atoms with Crippen molar-refractivity contribution >= 4 is 23.6 Å². The van der Waals surface area contributed by atoms with Crippen molar-refractivity contribution in [1.82, 2.24) is 5.43 Å². The highest BCUT2D eigenvalue weighted by Gasteiger charge is 2.34. The number of benzene rings is 3. The van der Waals surface area contributed by atoms with Gasteiger partial charge in [0.25, 0.3) is 11.8 Å². The largest absolute Gasteiger partial charge is 0.493 e. The average molecular weight is 414 g/mol. The molecule has 0 bridgehead atoms. The van der Waals surface area contributed by atoms with Crippen LogP contribution in [0.5, 0.6) is 11.5 Å². The van der Waals surface area contributed by atoms with Crippen molar-refractivity contribution in [3.63, 3.8) is 0 Å². The monoisotopic (exact) mass is 414 g/mol. The van der Waals surface area contributed by atoms with Gasteiger partial charge in [-0.3, -0.25) is 15.0 Å². The Morgan fingerprint density at radius 3 is 2.48 bits per heavy atom. The first-order valence-corrected chi connectivity index (χ1v) is 9.84. The molecule has 0 atom stereocenters. The van der Waals surface area contributed by atoms with Gasteiger partial charge >= 0.3 is 0 Å². The van der Waals surface area contributed by atoms with Gasteiger partial charge in [-0.05, 0) is 36.8 Å². The number of hydrazine groups is 1. The number of carbonyl (C=O) groups excluding carboxylic acids is 2. The predicted octanol–water partition coefficient (Wildman–Crippen LogP) is 4.04. The van der Waals surface area contributed by atoms with Gasteiger partial charge in [-0.1, -0.05) is 60.2 Å². The molecule has 0 aromatic heterocycles. The van der Waals surface area contributed by atoms with Crippen LogP contribution < -0.4 is 19.9 Å². The summed E-state index contributed by atoms with van der Waals surface area (Å²) in [7, 11) is 1.55. The minimum atomic E-state index is -0.471. The number of hydrogen-bond acceptors (Lipinski definition) is 4. The van der Waals surface area contributed by atoms with Gasteiger partial charge in [0.15, 0.2) is 11.5 Å². The molecular formula is C25H22N2O4. The summed E-state index contributed by atoms with van der Waals surface area (Å²) in [5.41, 5.74) is 5.95. The summed E-state index contributed by atoms with van der Waals surface area (Å²) in [4.78, 5) is 25.4. The smallest absolute Gasteiger partial charge is 0.282 e. The van der Waals surface area contributed by atoms with Crippen molar-refractivity contribution in [2.45, 2.75) is 13.5 Å². The topological polar surface area (TPSA) is 67.9 Å². The van der Waals surface area contributed by atoms with Crippen molar-refractivity contribution < 1.29 is 19.1 Å². The van der Waals surface area contributed by atoms with Gasteiger partial charge in [-0.25, -0.2) is 5.01 Å². The number of nitrogens with zero attached hydrogens (tertiary/aromatic N) is 1. The van der Waals surface area contributed by atoms with Crippen molar-refractivity contribution in [3.05, 3.63) is 95.1 Å². The van der Waals surface area contributed by atoms with E-state index in [2.05, 4.69) is 5.43 Å². The van der Waals surface area contributed by atoms with Crippen LogP contribution in [0.25, 0.3) is 6.08 Å². The summed E-state index contributed by atoms with van der Waals surface area (Å²) >= 11 is 0. The number of carbonyl (C=O) groups is 2. The first-order chi connectivity index (χ1) is 15.1. The van der Waals surface area contributed by atoms with Crippen molar-refractivity contribution in [2.75, 3.05) is 12.1 Å². The molecule has 156 valence electrons. The van der Waals surface area contributed by atoms with Crippen LogP contribution in [0.15, 0.2) is 78.4 Å². The molecular weight excluding hydrogens is 392 g/mol. The third-order valence-electron chi connectivity index (χ3n) is 4.90. The Labute approximate surface area is 180 Å². The minimum Gasteiger partial charge on any atom is -0.493 e. The molecule has 0 radical (unpaired) electrons. The Morgan fingerprint density at radius 1 is 0.968 bits per heavy atom. The molecule has 1 fully saturated rings. The van der Waals surface area contributed by atoms with Gasteiger partial charge in [-0.2, -0.15) is 0 Å². The molecule has 3 aromatic rings. The number of anilines is 1. The molecule has 1 aliphatic heterocycles. The van der Waals surface area contributed by atoms with Crippen molar-refractivity contribution in [2.24, 2.45) is 0 Å². The number of aryl methyl sites for hydroxylation is 1. The zero-order valence-corrected chi connectivity index (χ0v) is 17.3. The fourth-order valence-corrected chi connectivity index (χ4v) is 3.39. The van der Waals surface area contributed by atoms with E-state index < -0.39 is 11.8 Å². The zero-order chi connectivity index (χ0) is 21.8. The average Bonchev–Trinajstić information content (AvgIpc) is 3.07. The normalized spacial score (nSPS) is 14.6. The Morgan fingerprint density at radius 2 is 1.74 bits per heavy atom. The first-order valence-electron chi connectivity index (χ1n) is 9.84. The van der Waals surface area contributed by atoms with Gasteiger partial charge in [-0.15, -0.1) is 0 Å². The molecule has 6 nitrogen and oxygen atoms in total. The van der Waals surface area contributed by atoms with Gasteiger partial charge in [0, 0.05) is 5.56 Å². The second kappa shape index (κ2) is 8.75. The van der Waals surface area contributed by atoms with Crippen LogP contribution in [0, 0.1) is 6.92 Å². The third kappa shape index (κ3) is 4.28. The minimum absolute atomic E-state index is 0.0255. The van der Waals surface area contributed by atoms with E-state index in [1.165, 1.54) is 11.1 Å². The predicted molar refractivity (Wildman–Crippen MR) is 119 cm³/mol. The lowest BCUT2D eigenvalue weighted by atomic mass is 10.1. The van der Waals surface area contributed by atoms with E-state index in [-0.39, 0.29) is 5.57 Å². The van der Waals surface area contributed by atoms with Crippen LogP contribution in [0.4, 0.5) is 5.69 Å². The molecule has 0 aliphatic carbocycles. The maximum absolute atomic E-state index is 12.9. The molecule has 1 aliphatic rings. The number of amides is 2. The summed E-state index contributed by atoms with van der Waals surface area (Å²) in [5, 5.41) is 1.24. The Hall–Kier alpha value is -4.06. The lowest BCUT2D eigenvalue weighted by Gasteiger charge is -2.14. The zero-order valence-electron chi connectivity index (χ0n) is 17.3. The molecule has 0 saturated carbocycles. The van der Waals surface area contributed by atoms with Crippen LogP contribution >= 0.6 is 0 Å². The van der Waals surface area contributed by atoms with E-state index in [9.17, 15) is 9.59 Å². The van der Waals surface area contributed by atoms with Crippen LogP contribution in [-0.4, -0.2) is 18.9 Å². The van der Waals surface area contributed by atoms with Gasteiger partial charge in [0.1, 0.15) is 12.2 Å². The second-order valence-corrected chi connectivity index (χ2v) is 7.13. The summed E-state index contributed by atoms with van der Waals surface area (Å²) in [6.45, 7) is 2.35. The number of methoxy groups -OCH3 is 1. The number of para-hydroxylation sites is 2. The van der Waals surface area contributed by atoms with Gasteiger partial charge < -0.3 is 9.47 Å². The summed E-state index contributed by atoms with van der Waals surface area (Å²) < 4.78 is 11.5. The molecule has 1 N–H and O–H groups in total. The molecule has 4 rings (SSSR count). The van der Waals surface area contributed by atoms with Crippen LogP contribution in [0.2, 0.25) is 0 Å². The van der Waals surface area contributed by atoms with Gasteiger partial charge in [0.2, 0.25) is 0 Å². The van der Waals surface area contributed by atoms with Crippen LogP contribution in [0.1, 0.15) is 16.7 Å². The van der Waals surface area contributed by atoms with Crippen molar-refractivity contribution in [1.29, 1.82) is 0 Å². The molecule has 0 unspecified atom stereocenters. The molecule has 1 saturated heterocycles. The lowest BCUT2D eigenvalue weighted by molar-refractivity contribution is -0.117. The quantitative estimate of drug-likeness (QED) is 0.488. The van der Waals surface area contributed by atoms with E-state index in [1.54, 1.807) is 49.6 Å². The SMILES string of the molecule is COc1cccc(/C=C2\C(=O)NN(c3ccccc3)C2=O)c1OCc1cccc(C)c1. The second-order valence-electron chi connectivity index (χ2n) is 7.13. The number of ether oxygens (including phenoxy) is 2. The Bertz CT molecular complexity index is 1160. The molecule has 2 amide bonds. The molecule has 0 spiro atoms. The maximum atomic E-state index is 12.9. The highest BCUT2D eigenvalue weighted by atomic mass is 16.5. The maximum Gasteiger partial charge on any atom is 0.282 e. The fraction of sp³-hybridized carbons (Fsp3) is 0.120. The lowest BCUT2D eigenvalue weighted by Crippen LogP contribution is -2.35. The molecule has 1 heterocycles. The van der Waals surface area contributed by atoms with Crippen LogP contribution in [-0.2, 0) is 16.2 Å². The highest BCUT2D eigenvalue weighted by Crippen LogP contribution is 2.34. The summed E-state index contributed by atoms with van der Waals surface area (Å²) in [6, 6.07) is 22.3. The number of nitrogens with one attached hydrogen (secondary N) is 1. The van der Waals surface area contributed by atoms with Crippen molar-refractivity contribution in [3.8, 4) is 11.5 Å². The summed E-state index contributed by atoms with van der Waals surface area (Å²) in [5.74, 6) is 0.0931. The standard InChI is InChI=1S/C25H22N2O4/c1-17-8-6-9-18(14-17)16-31-23-19(10-7-13-22(23)30-2)15-21-24(28)26-27(25(21)29)20-11-4-3-5-12-20/h3-15H,16H2,1-2H3,(H,26,28)/b21-15+. The van der Waals surface area contributed by atoms with Crippen LogP contribution in [0.3, 0.4) is 0 Å². The number of rotatable bonds is 6.